The number of benzene rings is 1. The summed E-state index contributed by atoms with van der Waals surface area (Å²) in [7, 11) is 1.89. The molecule has 4 heterocycles. The molecule has 31 heavy (non-hydrogen) atoms. The number of likely N-dealkylation sites (tertiary alicyclic amines) is 2. The number of rotatable bonds is 4. The van der Waals surface area contributed by atoms with E-state index in [0.717, 1.165) is 36.2 Å². The Morgan fingerprint density at radius 1 is 1.23 bits per heavy atom. The minimum atomic E-state index is 0. The third-order valence-corrected chi connectivity index (χ3v) is 7.26. The van der Waals surface area contributed by atoms with Crippen LogP contribution >= 0.6 is 35.3 Å². The molecule has 0 spiro atoms. The summed E-state index contributed by atoms with van der Waals surface area (Å²) in [6, 6.07) is 11.6. The highest BCUT2D eigenvalue weighted by Gasteiger charge is 2.36. The van der Waals surface area contributed by atoms with Crippen LogP contribution in [0.25, 0.3) is 4.96 Å². The number of nitrogens with zero attached hydrogens (tertiary/aromatic N) is 5. The lowest BCUT2D eigenvalue weighted by molar-refractivity contribution is 0.0372. The Kier molecular flexibility index (Phi) is 7.50. The molecule has 3 aromatic rings. The third kappa shape index (κ3) is 5.06. The van der Waals surface area contributed by atoms with E-state index in [2.05, 4.69) is 77.6 Å². The van der Waals surface area contributed by atoms with Crippen LogP contribution in [-0.4, -0.2) is 57.9 Å². The second kappa shape index (κ2) is 10.3. The zero-order chi connectivity index (χ0) is 20.3. The Morgan fingerprint density at radius 2 is 2.10 bits per heavy atom. The van der Waals surface area contributed by atoms with Gasteiger partial charge in [0.05, 0.1) is 12.2 Å². The van der Waals surface area contributed by atoms with Crippen molar-refractivity contribution in [2.45, 2.75) is 38.4 Å². The Balaban J connectivity index is 0.00000231. The van der Waals surface area contributed by atoms with Crippen molar-refractivity contribution in [2.75, 3.05) is 26.7 Å². The van der Waals surface area contributed by atoms with E-state index in [0.29, 0.717) is 18.5 Å². The molecule has 2 aliphatic rings. The summed E-state index contributed by atoms with van der Waals surface area (Å²) in [4.78, 5) is 15.5. The van der Waals surface area contributed by atoms with Gasteiger partial charge in [0.2, 0.25) is 0 Å². The normalized spacial score (nSPS) is 22.2. The molecule has 5 rings (SSSR count). The van der Waals surface area contributed by atoms with Crippen LogP contribution in [-0.2, 0) is 13.1 Å². The first-order chi connectivity index (χ1) is 14.8. The number of nitrogens with one attached hydrogen (secondary N) is 1. The minimum absolute atomic E-state index is 0. The van der Waals surface area contributed by atoms with Gasteiger partial charge in [0.1, 0.15) is 0 Å². The summed E-state index contributed by atoms with van der Waals surface area (Å²) < 4.78 is 2.08. The van der Waals surface area contributed by atoms with Gasteiger partial charge in [-0.3, -0.25) is 14.3 Å². The van der Waals surface area contributed by atoms with Gasteiger partial charge in [-0.25, -0.2) is 4.98 Å². The number of hydrogen-bond donors (Lipinski definition) is 1. The molecular formula is C23H31IN6S. The van der Waals surface area contributed by atoms with Gasteiger partial charge in [0, 0.05) is 50.5 Å². The lowest BCUT2D eigenvalue weighted by atomic mass is 9.83. The minimum Gasteiger partial charge on any atom is -0.351 e. The molecule has 1 N–H and O–H groups in total. The highest BCUT2D eigenvalue weighted by molar-refractivity contribution is 14.0. The molecule has 2 atom stereocenters. The number of aromatic nitrogens is 2. The van der Waals surface area contributed by atoms with E-state index < -0.39 is 0 Å². The van der Waals surface area contributed by atoms with Crippen molar-refractivity contribution in [3.05, 3.63) is 59.4 Å². The number of thiazole rings is 1. The summed E-state index contributed by atoms with van der Waals surface area (Å²) in [5.41, 5.74) is 2.49. The number of hydrogen-bond acceptors (Lipinski definition) is 4. The summed E-state index contributed by atoms with van der Waals surface area (Å²) in [6.45, 7) is 5.16. The number of imidazole rings is 1. The molecule has 166 valence electrons. The van der Waals surface area contributed by atoms with Gasteiger partial charge in [-0.2, -0.15) is 0 Å². The van der Waals surface area contributed by atoms with Crippen LogP contribution in [0.2, 0.25) is 0 Å². The number of piperidine rings is 2. The van der Waals surface area contributed by atoms with E-state index in [9.17, 15) is 0 Å². The average Bonchev–Trinajstić information content (AvgIpc) is 3.37. The summed E-state index contributed by atoms with van der Waals surface area (Å²) in [5.74, 6) is 1.72. The van der Waals surface area contributed by atoms with Gasteiger partial charge in [-0.05, 0) is 37.3 Å². The molecule has 0 amide bonds. The first-order valence-corrected chi connectivity index (χ1v) is 11.8. The van der Waals surface area contributed by atoms with Crippen molar-refractivity contribution < 1.29 is 0 Å². The van der Waals surface area contributed by atoms with Crippen LogP contribution < -0.4 is 5.32 Å². The average molecular weight is 551 g/mol. The lowest BCUT2D eigenvalue weighted by Crippen LogP contribution is -2.56. The van der Waals surface area contributed by atoms with Crippen molar-refractivity contribution in [1.29, 1.82) is 0 Å². The SMILES string of the molecule is CN=C(NCc1cn2ccsc2n1)N1CCC2C(CCCN2Cc2ccccc2)C1.I. The third-order valence-electron chi connectivity index (χ3n) is 6.49. The van der Waals surface area contributed by atoms with E-state index in [-0.39, 0.29) is 24.0 Å². The smallest absolute Gasteiger partial charge is 0.193 e. The standard InChI is InChI=1S/C23H30N6S.HI/c1-24-22(25-14-20-17-29-12-13-30-23(29)26-20)28-11-9-21-19(16-28)8-5-10-27(21)15-18-6-3-2-4-7-18;/h2-4,6-7,12-13,17,19,21H,5,8-11,14-16H2,1H3,(H,24,25);1H. The monoisotopic (exact) mass is 550 g/mol. The summed E-state index contributed by atoms with van der Waals surface area (Å²) in [5, 5.41) is 5.61. The molecule has 8 heteroatoms. The number of guanidine groups is 1. The van der Waals surface area contributed by atoms with E-state index in [1.807, 2.05) is 7.05 Å². The predicted molar refractivity (Wildman–Crippen MR) is 138 cm³/mol. The van der Waals surface area contributed by atoms with E-state index in [1.165, 1.54) is 31.4 Å². The van der Waals surface area contributed by atoms with Gasteiger partial charge in [0.25, 0.3) is 0 Å². The van der Waals surface area contributed by atoms with Crippen LogP contribution in [0.1, 0.15) is 30.5 Å². The number of fused-ring (bicyclic) bond motifs is 2. The fourth-order valence-corrected chi connectivity index (χ4v) is 5.80. The van der Waals surface area contributed by atoms with E-state index in [1.54, 1.807) is 11.3 Å². The van der Waals surface area contributed by atoms with Crippen LogP contribution in [0.5, 0.6) is 0 Å². The van der Waals surface area contributed by atoms with E-state index in [4.69, 9.17) is 0 Å². The van der Waals surface area contributed by atoms with Crippen molar-refractivity contribution in [3.8, 4) is 0 Å². The quantitative estimate of drug-likeness (QED) is 0.302. The van der Waals surface area contributed by atoms with Gasteiger partial charge in [-0.1, -0.05) is 30.3 Å². The lowest BCUT2D eigenvalue weighted by Gasteiger charge is -2.48. The Morgan fingerprint density at radius 3 is 2.90 bits per heavy atom. The van der Waals surface area contributed by atoms with Crippen molar-refractivity contribution in [2.24, 2.45) is 10.9 Å². The molecule has 0 bridgehead atoms. The molecule has 2 fully saturated rings. The molecule has 2 unspecified atom stereocenters. The van der Waals surface area contributed by atoms with Crippen LogP contribution in [0, 0.1) is 5.92 Å². The maximum absolute atomic E-state index is 4.68. The maximum Gasteiger partial charge on any atom is 0.193 e. The largest absolute Gasteiger partial charge is 0.351 e. The van der Waals surface area contributed by atoms with Crippen molar-refractivity contribution >= 4 is 46.2 Å². The molecule has 1 aromatic carbocycles. The molecule has 6 nitrogen and oxygen atoms in total. The van der Waals surface area contributed by atoms with Crippen LogP contribution in [0.15, 0.2) is 53.1 Å². The van der Waals surface area contributed by atoms with Gasteiger partial charge in [0.15, 0.2) is 10.9 Å². The van der Waals surface area contributed by atoms with Gasteiger partial charge >= 0.3 is 0 Å². The molecule has 0 radical (unpaired) electrons. The molecule has 2 saturated heterocycles. The van der Waals surface area contributed by atoms with Crippen LogP contribution in [0.3, 0.4) is 0 Å². The Bertz CT molecular complexity index is 971. The fourth-order valence-electron chi connectivity index (χ4n) is 5.08. The first kappa shape index (κ1) is 22.5. The molecule has 2 aliphatic heterocycles. The molecule has 0 saturated carbocycles. The summed E-state index contributed by atoms with van der Waals surface area (Å²) in [6.07, 6.45) is 7.97. The number of aliphatic imine (C=N–C) groups is 1. The second-order valence-electron chi connectivity index (χ2n) is 8.39. The molecular weight excluding hydrogens is 519 g/mol. The Hall–Kier alpha value is -1.65. The Labute approximate surface area is 205 Å². The predicted octanol–water partition coefficient (Wildman–Crippen LogP) is 4.08. The van der Waals surface area contributed by atoms with Crippen molar-refractivity contribution in [1.82, 2.24) is 24.5 Å². The second-order valence-corrected chi connectivity index (χ2v) is 9.26. The highest BCUT2D eigenvalue weighted by Crippen LogP contribution is 2.31. The first-order valence-electron chi connectivity index (χ1n) is 10.9. The summed E-state index contributed by atoms with van der Waals surface area (Å²) >= 11 is 1.67. The molecule has 2 aromatic heterocycles. The van der Waals surface area contributed by atoms with E-state index >= 15 is 0 Å². The van der Waals surface area contributed by atoms with Crippen LogP contribution in [0.4, 0.5) is 0 Å². The van der Waals surface area contributed by atoms with Crippen molar-refractivity contribution in [3.63, 3.8) is 0 Å². The fraction of sp³-hybridized carbons (Fsp3) is 0.478. The zero-order valence-corrected chi connectivity index (χ0v) is 21.1. The number of halogens is 1. The van der Waals surface area contributed by atoms with Gasteiger partial charge in [-0.15, -0.1) is 35.3 Å². The highest BCUT2D eigenvalue weighted by atomic mass is 127. The topological polar surface area (TPSA) is 48.2 Å². The molecule has 0 aliphatic carbocycles. The zero-order valence-electron chi connectivity index (χ0n) is 18.0. The van der Waals surface area contributed by atoms with Gasteiger partial charge < -0.3 is 10.2 Å². The maximum atomic E-state index is 4.68.